The Kier molecular flexibility index (Phi) is 4.16. The van der Waals surface area contributed by atoms with Crippen LogP contribution in [0.5, 0.6) is 0 Å². The summed E-state index contributed by atoms with van der Waals surface area (Å²) < 4.78 is 0. The Morgan fingerprint density at radius 1 is 0.550 bits per heavy atom. The van der Waals surface area contributed by atoms with Crippen LogP contribution in [0.1, 0.15) is 24.0 Å². The molecule has 1 aliphatic rings. The summed E-state index contributed by atoms with van der Waals surface area (Å²) in [5.41, 5.74) is 5.54. The van der Waals surface area contributed by atoms with Crippen LogP contribution in [0.4, 0.5) is 0 Å². The van der Waals surface area contributed by atoms with Gasteiger partial charge in [-0.05, 0) is 45.7 Å². The SMILES string of the molecule is Pc1ccc(C2=CC=C(c3ccc(P)cc3)CC2)cc1. The van der Waals surface area contributed by atoms with Gasteiger partial charge in [0.05, 0.1) is 0 Å². The number of hydrogen-bond donors (Lipinski definition) is 0. The number of hydrogen-bond acceptors (Lipinski definition) is 0. The van der Waals surface area contributed by atoms with Crippen molar-refractivity contribution in [1.82, 2.24) is 0 Å². The molecular formula is C18H18P2. The minimum Gasteiger partial charge on any atom is -0.106 e. The van der Waals surface area contributed by atoms with Crippen molar-refractivity contribution in [3.8, 4) is 0 Å². The van der Waals surface area contributed by atoms with E-state index in [2.05, 4.69) is 79.2 Å². The van der Waals surface area contributed by atoms with Gasteiger partial charge in [-0.25, -0.2) is 0 Å². The maximum Gasteiger partial charge on any atom is -0.0224 e. The Hall–Kier alpha value is -1.22. The number of rotatable bonds is 2. The molecule has 2 aromatic rings. The highest BCUT2D eigenvalue weighted by Gasteiger charge is 2.09. The topological polar surface area (TPSA) is 0 Å². The third-order valence-corrected chi connectivity index (χ3v) is 4.48. The van der Waals surface area contributed by atoms with Crippen LogP contribution in [0.25, 0.3) is 11.1 Å². The van der Waals surface area contributed by atoms with Gasteiger partial charge in [0.2, 0.25) is 0 Å². The van der Waals surface area contributed by atoms with Crippen molar-refractivity contribution in [1.29, 1.82) is 0 Å². The summed E-state index contributed by atoms with van der Waals surface area (Å²) in [6, 6.07) is 17.4. The first-order valence-electron chi connectivity index (χ1n) is 6.84. The third kappa shape index (κ3) is 3.09. The maximum absolute atomic E-state index is 2.73. The molecule has 0 amide bonds. The molecule has 0 aliphatic heterocycles. The fourth-order valence-corrected chi connectivity index (χ4v) is 2.90. The summed E-state index contributed by atoms with van der Waals surface area (Å²) in [5.74, 6) is 0. The summed E-state index contributed by atoms with van der Waals surface area (Å²) >= 11 is 0. The van der Waals surface area contributed by atoms with E-state index in [1.165, 1.54) is 32.9 Å². The first-order valence-corrected chi connectivity index (χ1v) is 7.99. The maximum atomic E-state index is 2.73. The molecule has 20 heavy (non-hydrogen) atoms. The second-order valence-electron chi connectivity index (χ2n) is 5.13. The van der Waals surface area contributed by atoms with Gasteiger partial charge in [0.1, 0.15) is 0 Å². The van der Waals surface area contributed by atoms with Crippen molar-refractivity contribution in [2.45, 2.75) is 12.8 Å². The van der Waals surface area contributed by atoms with Crippen LogP contribution in [0.2, 0.25) is 0 Å². The van der Waals surface area contributed by atoms with Gasteiger partial charge in [-0.2, -0.15) is 0 Å². The summed E-state index contributed by atoms with van der Waals surface area (Å²) in [6.07, 6.45) is 6.77. The van der Waals surface area contributed by atoms with E-state index >= 15 is 0 Å². The molecule has 1 aliphatic carbocycles. The predicted molar refractivity (Wildman–Crippen MR) is 96.8 cm³/mol. The largest absolute Gasteiger partial charge is 0.106 e. The smallest absolute Gasteiger partial charge is 0.0224 e. The average molecular weight is 296 g/mol. The lowest BCUT2D eigenvalue weighted by Gasteiger charge is -2.15. The van der Waals surface area contributed by atoms with Gasteiger partial charge in [0, 0.05) is 0 Å². The Morgan fingerprint density at radius 3 is 1.20 bits per heavy atom. The molecule has 0 bridgehead atoms. The van der Waals surface area contributed by atoms with E-state index in [-0.39, 0.29) is 0 Å². The van der Waals surface area contributed by atoms with Crippen molar-refractivity contribution in [3.05, 3.63) is 71.8 Å². The van der Waals surface area contributed by atoms with Crippen LogP contribution in [0.15, 0.2) is 60.7 Å². The van der Waals surface area contributed by atoms with Crippen molar-refractivity contribution >= 4 is 40.2 Å². The van der Waals surface area contributed by atoms with Gasteiger partial charge < -0.3 is 0 Å². The zero-order valence-corrected chi connectivity index (χ0v) is 13.7. The molecule has 2 unspecified atom stereocenters. The molecule has 2 aromatic carbocycles. The molecular weight excluding hydrogens is 278 g/mol. The Bertz CT molecular complexity index is 600. The minimum atomic E-state index is 1.12. The highest BCUT2D eigenvalue weighted by Crippen LogP contribution is 2.31. The van der Waals surface area contributed by atoms with Gasteiger partial charge in [-0.3, -0.25) is 0 Å². The van der Waals surface area contributed by atoms with Crippen molar-refractivity contribution < 1.29 is 0 Å². The van der Waals surface area contributed by atoms with Crippen LogP contribution in [-0.4, -0.2) is 0 Å². The van der Waals surface area contributed by atoms with E-state index in [0.29, 0.717) is 0 Å². The summed E-state index contributed by atoms with van der Waals surface area (Å²) in [7, 11) is 5.46. The van der Waals surface area contributed by atoms with E-state index in [0.717, 1.165) is 12.8 Å². The lowest BCUT2D eigenvalue weighted by Crippen LogP contribution is -1.97. The van der Waals surface area contributed by atoms with E-state index in [9.17, 15) is 0 Å². The summed E-state index contributed by atoms with van der Waals surface area (Å²) in [5, 5.41) is 2.47. The number of allylic oxidation sites excluding steroid dienone is 4. The van der Waals surface area contributed by atoms with Gasteiger partial charge in [0.25, 0.3) is 0 Å². The van der Waals surface area contributed by atoms with Crippen molar-refractivity contribution in [2.75, 3.05) is 0 Å². The molecule has 0 fully saturated rings. The molecule has 0 saturated heterocycles. The molecule has 0 heterocycles. The van der Waals surface area contributed by atoms with Crippen LogP contribution in [-0.2, 0) is 0 Å². The van der Waals surface area contributed by atoms with Gasteiger partial charge in [-0.1, -0.05) is 60.7 Å². The fraction of sp³-hybridized carbons (Fsp3) is 0.111. The van der Waals surface area contributed by atoms with Gasteiger partial charge >= 0.3 is 0 Å². The second-order valence-corrected chi connectivity index (χ2v) is 6.46. The van der Waals surface area contributed by atoms with Gasteiger partial charge in [-0.15, -0.1) is 18.5 Å². The number of benzene rings is 2. The molecule has 2 heteroatoms. The highest BCUT2D eigenvalue weighted by molar-refractivity contribution is 7.27. The van der Waals surface area contributed by atoms with E-state index in [1.54, 1.807) is 0 Å². The average Bonchev–Trinajstić information content (AvgIpc) is 2.49. The molecule has 3 rings (SSSR count). The van der Waals surface area contributed by atoms with E-state index in [1.807, 2.05) is 0 Å². The molecule has 0 N–H and O–H groups in total. The van der Waals surface area contributed by atoms with Crippen LogP contribution < -0.4 is 10.6 Å². The Morgan fingerprint density at radius 2 is 0.900 bits per heavy atom. The molecule has 0 nitrogen and oxygen atoms in total. The molecule has 0 spiro atoms. The quantitative estimate of drug-likeness (QED) is 0.736. The molecule has 100 valence electrons. The Labute approximate surface area is 125 Å². The first kappa shape index (κ1) is 13.7. The van der Waals surface area contributed by atoms with Crippen molar-refractivity contribution in [3.63, 3.8) is 0 Å². The zero-order chi connectivity index (χ0) is 13.9. The van der Waals surface area contributed by atoms with Crippen LogP contribution in [0.3, 0.4) is 0 Å². The summed E-state index contributed by atoms with van der Waals surface area (Å²) in [6.45, 7) is 0. The second kappa shape index (κ2) is 6.04. The lowest BCUT2D eigenvalue weighted by molar-refractivity contribution is 1.07. The molecule has 2 atom stereocenters. The van der Waals surface area contributed by atoms with Crippen LogP contribution in [0, 0.1) is 0 Å². The third-order valence-electron chi connectivity index (χ3n) is 3.71. The van der Waals surface area contributed by atoms with Gasteiger partial charge in [0.15, 0.2) is 0 Å². The molecule has 0 saturated carbocycles. The minimum absolute atomic E-state index is 1.12. The lowest BCUT2D eigenvalue weighted by atomic mass is 9.90. The normalized spacial score (nSPS) is 14.7. The Balaban J connectivity index is 1.85. The zero-order valence-electron chi connectivity index (χ0n) is 11.3. The van der Waals surface area contributed by atoms with E-state index in [4.69, 9.17) is 0 Å². The molecule has 0 radical (unpaired) electrons. The first-order chi connectivity index (χ1) is 9.72. The predicted octanol–water partition coefficient (Wildman–Crippen LogP) is 3.95. The molecule has 0 aromatic heterocycles. The fourth-order valence-electron chi connectivity index (χ4n) is 2.51. The highest BCUT2D eigenvalue weighted by atomic mass is 31.0. The van der Waals surface area contributed by atoms with Crippen LogP contribution >= 0.6 is 18.5 Å². The standard InChI is InChI=1S/C18H18P2/c19-17-9-5-15(6-10-17)13-1-2-14(4-3-13)16-7-11-18(20)12-8-16/h1-2,5-12H,3-4,19-20H2. The van der Waals surface area contributed by atoms with E-state index < -0.39 is 0 Å². The van der Waals surface area contributed by atoms with Crippen molar-refractivity contribution in [2.24, 2.45) is 0 Å². The summed E-state index contributed by atoms with van der Waals surface area (Å²) in [4.78, 5) is 0. The monoisotopic (exact) mass is 296 g/mol.